The molecule has 3 aromatic heterocycles. The van der Waals surface area contributed by atoms with E-state index >= 15 is 0 Å². The summed E-state index contributed by atoms with van der Waals surface area (Å²) in [4.78, 5) is 32.1. The SMILES string of the molecule is CCc1ccc2nc(-c3ccc(-c4ccc(N5CCCC(CC6=CCCC=C6C#N)(C(=O)O)C5)nc4)nc3)[nH]c2c1. The van der Waals surface area contributed by atoms with Crippen molar-refractivity contribution in [3.63, 3.8) is 0 Å². The van der Waals surface area contributed by atoms with Gasteiger partial charge in [-0.3, -0.25) is 9.78 Å². The van der Waals surface area contributed by atoms with Gasteiger partial charge in [-0.05, 0) is 86.1 Å². The number of hydrogen-bond donors (Lipinski definition) is 2. The highest BCUT2D eigenvalue weighted by molar-refractivity contribution is 5.80. The van der Waals surface area contributed by atoms with Crippen molar-refractivity contribution < 1.29 is 9.90 Å². The van der Waals surface area contributed by atoms with E-state index in [0.29, 0.717) is 25.0 Å². The molecule has 1 unspecified atom stereocenters. The number of aliphatic carboxylic acids is 1. The number of benzene rings is 1. The van der Waals surface area contributed by atoms with Gasteiger partial charge in [0, 0.05) is 36.6 Å². The minimum absolute atomic E-state index is 0.356. The Morgan fingerprint density at radius 2 is 1.93 bits per heavy atom. The number of rotatable bonds is 7. The quantitative estimate of drug-likeness (QED) is 0.273. The molecule has 0 saturated carbocycles. The Labute approximate surface area is 239 Å². The molecule has 6 rings (SSSR count). The van der Waals surface area contributed by atoms with Crippen LogP contribution in [0.15, 0.2) is 78.2 Å². The fourth-order valence-corrected chi connectivity index (χ4v) is 5.94. The molecule has 206 valence electrons. The number of aromatic amines is 1. The number of nitriles is 1. The average molecular weight is 545 g/mol. The zero-order chi connectivity index (χ0) is 28.4. The monoisotopic (exact) mass is 544 g/mol. The van der Waals surface area contributed by atoms with Crippen molar-refractivity contribution in [2.75, 3.05) is 18.0 Å². The summed E-state index contributed by atoms with van der Waals surface area (Å²) in [5.74, 6) is 0.717. The number of hydrogen-bond acceptors (Lipinski definition) is 6. The van der Waals surface area contributed by atoms with Gasteiger partial charge in [-0.1, -0.05) is 25.1 Å². The van der Waals surface area contributed by atoms with Crippen molar-refractivity contribution in [1.82, 2.24) is 19.9 Å². The lowest BCUT2D eigenvalue weighted by molar-refractivity contribution is -0.149. The molecule has 1 atom stereocenters. The third-order valence-corrected chi connectivity index (χ3v) is 8.29. The maximum atomic E-state index is 12.6. The van der Waals surface area contributed by atoms with E-state index in [2.05, 4.69) is 40.0 Å². The van der Waals surface area contributed by atoms with Gasteiger partial charge in [-0.2, -0.15) is 5.26 Å². The summed E-state index contributed by atoms with van der Waals surface area (Å²) in [6, 6.07) is 16.4. The van der Waals surface area contributed by atoms with Gasteiger partial charge in [0.15, 0.2) is 0 Å². The first kappa shape index (κ1) is 26.5. The molecule has 0 radical (unpaired) electrons. The Bertz CT molecular complexity index is 1690. The number of piperidine rings is 1. The zero-order valence-corrected chi connectivity index (χ0v) is 23.1. The predicted molar refractivity (Wildman–Crippen MR) is 159 cm³/mol. The molecule has 1 aromatic carbocycles. The molecule has 2 N–H and O–H groups in total. The second kappa shape index (κ2) is 11.0. The second-order valence-electron chi connectivity index (χ2n) is 11.0. The Balaban J connectivity index is 1.18. The molecule has 1 fully saturated rings. The molecule has 0 spiro atoms. The number of fused-ring (bicyclic) bond motifs is 1. The van der Waals surface area contributed by atoms with Crippen molar-refractivity contribution in [1.29, 1.82) is 5.26 Å². The average Bonchev–Trinajstić information content (AvgIpc) is 3.45. The van der Waals surface area contributed by atoms with E-state index in [1.807, 2.05) is 48.7 Å². The summed E-state index contributed by atoms with van der Waals surface area (Å²) in [7, 11) is 0. The van der Waals surface area contributed by atoms with Crippen LogP contribution in [0.4, 0.5) is 5.82 Å². The Hall–Kier alpha value is -4.77. The highest BCUT2D eigenvalue weighted by Crippen LogP contribution is 2.40. The van der Waals surface area contributed by atoms with Crippen molar-refractivity contribution >= 4 is 22.8 Å². The van der Waals surface area contributed by atoms with Crippen LogP contribution in [0.5, 0.6) is 0 Å². The Kier molecular flexibility index (Phi) is 7.10. The molecule has 8 heteroatoms. The van der Waals surface area contributed by atoms with Gasteiger partial charge >= 0.3 is 5.97 Å². The van der Waals surface area contributed by atoms with Gasteiger partial charge in [0.2, 0.25) is 0 Å². The third-order valence-electron chi connectivity index (χ3n) is 8.29. The number of H-pyrrole nitrogens is 1. The van der Waals surface area contributed by atoms with Crippen molar-refractivity contribution in [3.05, 3.63) is 83.7 Å². The fraction of sp³-hybridized carbons (Fsp3) is 0.303. The number of carboxylic acid groups (broad SMARTS) is 1. The number of pyridine rings is 2. The molecule has 1 saturated heterocycles. The molecule has 8 nitrogen and oxygen atoms in total. The molecule has 4 aromatic rings. The van der Waals surface area contributed by atoms with Crippen molar-refractivity contribution in [2.24, 2.45) is 5.41 Å². The van der Waals surface area contributed by atoms with Crippen LogP contribution in [-0.2, 0) is 11.2 Å². The number of allylic oxidation sites excluding steroid dienone is 4. The van der Waals surface area contributed by atoms with E-state index in [0.717, 1.165) is 77.3 Å². The van der Waals surface area contributed by atoms with Gasteiger partial charge in [0.05, 0.1) is 33.8 Å². The van der Waals surface area contributed by atoms with E-state index in [4.69, 9.17) is 9.97 Å². The summed E-state index contributed by atoms with van der Waals surface area (Å²) < 4.78 is 0. The van der Waals surface area contributed by atoms with E-state index in [1.54, 1.807) is 6.20 Å². The number of aryl methyl sites for hydroxylation is 1. The van der Waals surface area contributed by atoms with Gasteiger partial charge in [0.25, 0.3) is 0 Å². The summed E-state index contributed by atoms with van der Waals surface area (Å²) >= 11 is 0. The summed E-state index contributed by atoms with van der Waals surface area (Å²) in [6.07, 6.45) is 11.9. The maximum Gasteiger partial charge on any atom is 0.311 e. The zero-order valence-electron chi connectivity index (χ0n) is 23.1. The summed E-state index contributed by atoms with van der Waals surface area (Å²) in [5.41, 5.74) is 6.33. The Morgan fingerprint density at radius 3 is 2.66 bits per heavy atom. The van der Waals surface area contributed by atoms with Gasteiger partial charge < -0.3 is 15.0 Å². The molecule has 41 heavy (non-hydrogen) atoms. The maximum absolute atomic E-state index is 12.6. The van der Waals surface area contributed by atoms with Crippen molar-refractivity contribution in [3.8, 4) is 28.7 Å². The number of carboxylic acids is 1. The van der Waals surface area contributed by atoms with E-state index < -0.39 is 11.4 Å². The van der Waals surface area contributed by atoms with Crippen LogP contribution in [-0.4, -0.2) is 44.1 Å². The lowest BCUT2D eigenvalue weighted by Gasteiger charge is -2.41. The van der Waals surface area contributed by atoms with Crippen LogP contribution in [0.2, 0.25) is 0 Å². The highest BCUT2D eigenvalue weighted by Gasteiger charge is 2.43. The van der Waals surface area contributed by atoms with Crippen LogP contribution in [0.3, 0.4) is 0 Å². The molecule has 0 amide bonds. The lowest BCUT2D eigenvalue weighted by Crippen LogP contribution is -2.48. The van der Waals surface area contributed by atoms with E-state index in [9.17, 15) is 15.2 Å². The number of carbonyl (C=O) groups is 1. The standard InChI is InChI=1S/C33H32N6O2/c1-2-22-8-11-28-29(16-22)38-31(37-28)26-9-12-27(35-20-26)25-10-13-30(36-19-25)39-15-5-14-33(21-39,32(40)41)17-23-6-3-4-7-24(23)18-34/h6-13,16,19-20H,2-5,14-15,17,21H2,1H3,(H,37,38)(H,40,41). The number of anilines is 1. The number of imidazole rings is 1. The van der Waals surface area contributed by atoms with Crippen molar-refractivity contribution in [2.45, 2.75) is 45.4 Å². The second-order valence-corrected chi connectivity index (χ2v) is 11.0. The number of nitrogens with one attached hydrogen (secondary N) is 1. The van der Waals surface area contributed by atoms with E-state index in [-0.39, 0.29) is 0 Å². The van der Waals surface area contributed by atoms with Crippen LogP contribution in [0.25, 0.3) is 33.7 Å². The van der Waals surface area contributed by atoms with E-state index in [1.165, 1.54) is 5.56 Å². The molecule has 2 aliphatic rings. The van der Waals surface area contributed by atoms with Gasteiger partial charge in [0.1, 0.15) is 11.6 Å². The molecule has 0 bridgehead atoms. The largest absolute Gasteiger partial charge is 0.481 e. The molecule has 1 aliphatic carbocycles. The first-order valence-electron chi connectivity index (χ1n) is 14.2. The first-order valence-corrected chi connectivity index (χ1v) is 14.2. The minimum Gasteiger partial charge on any atom is -0.481 e. The molecule has 4 heterocycles. The van der Waals surface area contributed by atoms with Gasteiger partial charge in [-0.25, -0.2) is 9.97 Å². The summed E-state index contributed by atoms with van der Waals surface area (Å²) in [6.45, 7) is 3.23. The van der Waals surface area contributed by atoms with Crippen LogP contribution >= 0.6 is 0 Å². The first-order chi connectivity index (χ1) is 20.0. The fourth-order valence-electron chi connectivity index (χ4n) is 5.94. The number of aromatic nitrogens is 4. The van der Waals surface area contributed by atoms with Gasteiger partial charge in [-0.15, -0.1) is 0 Å². The Morgan fingerprint density at radius 1 is 1.10 bits per heavy atom. The molecular formula is C33H32N6O2. The normalized spacial score (nSPS) is 19.0. The minimum atomic E-state index is -0.955. The molecular weight excluding hydrogens is 512 g/mol. The predicted octanol–water partition coefficient (Wildman–Crippen LogP) is 6.48. The van der Waals surface area contributed by atoms with Crippen LogP contribution < -0.4 is 4.90 Å². The lowest BCUT2D eigenvalue weighted by atomic mass is 9.73. The summed E-state index contributed by atoms with van der Waals surface area (Å²) in [5, 5.41) is 19.9. The molecule has 1 aliphatic heterocycles. The highest BCUT2D eigenvalue weighted by atomic mass is 16.4. The third kappa shape index (κ3) is 5.23. The smallest absolute Gasteiger partial charge is 0.311 e. The topological polar surface area (TPSA) is 119 Å². The van der Waals surface area contributed by atoms with Crippen LogP contribution in [0, 0.1) is 16.7 Å². The number of nitrogens with zero attached hydrogens (tertiary/aromatic N) is 5. The van der Waals surface area contributed by atoms with Crippen LogP contribution in [0.1, 0.15) is 44.6 Å².